The minimum absolute atomic E-state index is 0.127. The van der Waals surface area contributed by atoms with Crippen molar-refractivity contribution < 1.29 is 20.4 Å². The minimum Gasteiger partial charge on any atom is -0.396 e. The standard InChI is InChI=1S/C8H16O2.C8H18O2/c9-6-8(7-10)4-2-1-3-5-8;9-7-5-3-1-2-4-6-8-10/h9-10H,1-7H2;9-10H,1-8H2. The lowest BCUT2D eigenvalue weighted by Crippen LogP contribution is -2.31. The van der Waals surface area contributed by atoms with Crippen molar-refractivity contribution in [3.63, 3.8) is 0 Å². The van der Waals surface area contributed by atoms with Gasteiger partial charge in [0.25, 0.3) is 0 Å². The van der Waals surface area contributed by atoms with Crippen LogP contribution in [-0.4, -0.2) is 46.9 Å². The van der Waals surface area contributed by atoms with Crippen LogP contribution in [0, 0.1) is 5.41 Å². The zero-order valence-corrected chi connectivity index (χ0v) is 12.9. The van der Waals surface area contributed by atoms with Crippen LogP contribution >= 0.6 is 0 Å². The second-order valence-corrected chi connectivity index (χ2v) is 5.95. The zero-order valence-electron chi connectivity index (χ0n) is 12.9. The molecule has 122 valence electrons. The van der Waals surface area contributed by atoms with E-state index in [1.54, 1.807) is 0 Å². The highest BCUT2D eigenvalue weighted by Gasteiger charge is 2.30. The molecule has 20 heavy (non-hydrogen) atoms. The molecule has 4 heteroatoms. The molecule has 4 N–H and O–H groups in total. The molecule has 0 aromatic rings. The van der Waals surface area contributed by atoms with E-state index in [1.807, 2.05) is 0 Å². The van der Waals surface area contributed by atoms with Gasteiger partial charge in [0.1, 0.15) is 0 Å². The quantitative estimate of drug-likeness (QED) is 0.491. The lowest BCUT2D eigenvalue weighted by molar-refractivity contribution is 0.0234. The van der Waals surface area contributed by atoms with Crippen molar-refractivity contribution >= 4 is 0 Å². The fourth-order valence-electron chi connectivity index (χ4n) is 2.60. The Hall–Kier alpha value is -0.160. The normalized spacial score (nSPS) is 17.4. The fraction of sp³-hybridized carbons (Fsp3) is 1.00. The summed E-state index contributed by atoms with van der Waals surface area (Å²) >= 11 is 0. The van der Waals surface area contributed by atoms with Crippen LogP contribution < -0.4 is 0 Å². The molecule has 0 heterocycles. The van der Waals surface area contributed by atoms with Gasteiger partial charge in [-0.05, 0) is 25.7 Å². The van der Waals surface area contributed by atoms with Crippen LogP contribution in [0.5, 0.6) is 0 Å². The molecular weight excluding hydrogens is 256 g/mol. The van der Waals surface area contributed by atoms with Crippen LogP contribution in [0.25, 0.3) is 0 Å². The predicted molar refractivity (Wildman–Crippen MR) is 81.6 cm³/mol. The summed E-state index contributed by atoms with van der Waals surface area (Å²) < 4.78 is 0. The zero-order chi connectivity index (χ0) is 15.1. The summed E-state index contributed by atoms with van der Waals surface area (Å²) in [5.41, 5.74) is -0.127. The molecular formula is C16H34O4. The van der Waals surface area contributed by atoms with E-state index in [1.165, 1.54) is 32.1 Å². The molecule has 1 rings (SSSR count). The molecule has 0 aliphatic heterocycles. The molecule has 1 fully saturated rings. The number of rotatable bonds is 9. The highest BCUT2D eigenvalue weighted by atomic mass is 16.3. The van der Waals surface area contributed by atoms with Gasteiger partial charge in [0.15, 0.2) is 0 Å². The summed E-state index contributed by atoms with van der Waals surface area (Å²) in [6.07, 6.45) is 12.1. The van der Waals surface area contributed by atoms with Gasteiger partial charge >= 0.3 is 0 Å². The Morgan fingerprint density at radius 2 is 0.950 bits per heavy atom. The average molecular weight is 290 g/mol. The van der Waals surface area contributed by atoms with Crippen molar-refractivity contribution in [2.45, 2.75) is 70.6 Å². The Bertz CT molecular complexity index is 177. The third kappa shape index (κ3) is 9.70. The molecule has 0 aromatic carbocycles. The molecule has 0 aromatic heterocycles. The summed E-state index contributed by atoms with van der Waals surface area (Å²) in [6, 6.07) is 0. The monoisotopic (exact) mass is 290 g/mol. The smallest absolute Gasteiger partial charge is 0.0509 e. The van der Waals surface area contributed by atoms with Gasteiger partial charge in [-0.15, -0.1) is 0 Å². The van der Waals surface area contributed by atoms with Gasteiger partial charge < -0.3 is 20.4 Å². The third-order valence-electron chi connectivity index (χ3n) is 4.15. The van der Waals surface area contributed by atoms with E-state index >= 15 is 0 Å². The van der Waals surface area contributed by atoms with Gasteiger partial charge in [-0.25, -0.2) is 0 Å². The first-order valence-corrected chi connectivity index (χ1v) is 8.18. The van der Waals surface area contributed by atoms with Gasteiger partial charge in [0, 0.05) is 18.6 Å². The van der Waals surface area contributed by atoms with E-state index in [9.17, 15) is 0 Å². The van der Waals surface area contributed by atoms with Gasteiger partial charge in [0.2, 0.25) is 0 Å². The Balaban J connectivity index is 0.000000361. The number of aliphatic hydroxyl groups is 4. The maximum absolute atomic E-state index is 8.98. The Labute approximate surface area is 123 Å². The van der Waals surface area contributed by atoms with E-state index in [0.29, 0.717) is 13.2 Å². The van der Waals surface area contributed by atoms with E-state index in [0.717, 1.165) is 38.5 Å². The van der Waals surface area contributed by atoms with Gasteiger partial charge in [-0.2, -0.15) is 0 Å². The average Bonchev–Trinajstić information content (AvgIpc) is 2.52. The van der Waals surface area contributed by atoms with Crippen molar-refractivity contribution in [1.82, 2.24) is 0 Å². The predicted octanol–water partition coefficient (Wildman–Crippen LogP) is 2.23. The van der Waals surface area contributed by atoms with E-state index in [2.05, 4.69) is 0 Å². The lowest BCUT2D eigenvalue weighted by atomic mass is 9.75. The Morgan fingerprint density at radius 3 is 1.25 bits per heavy atom. The molecule has 1 aliphatic carbocycles. The molecule has 0 amide bonds. The lowest BCUT2D eigenvalue weighted by Gasteiger charge is -2.33. The summed E-state index contributed by atoms with van der Waals surface area (Å²) in [5, 5.41) is 34.8. The van der Waals surface area contributed by atoms with Crippen molar-refractivity contribution in [2.24, 2.45) is 5.41 Å². The number of hydrogen-bond donors (Lipinski definition) is 4. The van der Waals surface area contributed by atoms with Crippen LogP contribution in [0.1, 0.15) is 70.6 Å². The maximum Gasteiger partial charge on any atom is 0.0509 e. The van der Waals surface area contributed by atoms with Crippen LogP contribution in [0.4, 0.5) is 0 Å². The van der Waals surface area contributed by atoms with Crippen LogP contribution in [0.3, 0.4) is 0 Å². The maximum atomic E-state index is 8.98. The number of aliphatic hydroxyl groups excluding tert-OH is 4. The SMILES string of the molecule is OCC1(CO)CCCCC1.OCCCCCCCCO. The molecule has 0 bridgehead atoms. The molecule has 0 saturated heterocycles. The highest BCUT2D eigenvalue weighted by molar-refractivity contribution is 4.81. The van der Waals surface area contributed by atoms with E-state index in [-0.39, 0.29) is 18.6 Å². The van der Waals surface area contributed by atoms with Crippen molar-refractivity contribution in [3.05, 3.63) is 0 Å². The van der Waals surface area contributed by atoms with Crippen molar-refractivity contribution in [3.8, 4) is 0 Å². The van der Waals surface area contributed by atoms with Crippen LogP contribution in [-0.2, 0) is 0 Å². The van der Waals surface area contributed by atoms with Crippen LogP contribution in [0.15, 0.2) is 0 Å². The topological polar surface area (TPSA) is 80.9 Å². The van der Waals surface area contributed by atoms with E-state index < -0.39 is 0 Å². The van der Waals surface area contributed by atoms with Crippen molar-refractivity contribution in [1.29, 1.82) is 0 Å². The number of unbranched alkanes of at least 4 members (excludes halogenated alkanes) is 5. The van der Waals surface area contributed by atoms with Gasteiger partial charge in [0.05, 0.1) is 13.2 Å². The molecule has 0 spiro atoms. The number of hydrogen-bond acceptors (Lipinski definition) is 4. The first-order chi connectivity index (χ1) is 9.74. The van der Waals surface area contributed by atoms with Gasteiger partial charge in [-0.1, -0.05) is 44.9 Å². The fourth-order valence-corrected chi connectivity index (χ4v) is 2.60. The molecule has 1 aliphatic rings. The molecule has 0 unspecified atom stereocenters. The summed E-state index contributed by atoms with van der Waals surface area (Å²) in [4.78, 5) is 0. The third-order valence-corrected chi connectivity index (χ3v) is 4.15. The van der Waals surface area contributed by atoms with E-state index in [4.69, 9.17) is 20.4 Å². The summed E-state index contributed by atoms with van der Waals surface area (Å²) in [7, 11) is 0. The van der Waals surface area contributed by atoms with Crippen LogP contribution in [0.2, 0.25) is 0 Å². The Morgan fingerprint density at radius 1 is 0.550 bits per heavy atom. The molecule has 0 radical (unpaired) electrons. The molecule has 4 nitrogen and oxygen atoms in total. The molecule has 0 atom stereocenters. The first kappa shape index (κ1) is 19.8. The molecule has 1 saturated carbocycles. The minimum atomic E-state index is -0.127. The largest absolute Gasteiger partial charge is 0.396 e. The second kappa shape index (κ2) is 13.8. The van der Waals surface area contributed by atoms with Gasteiger partial charge in [-0.3, -0.25) is 0 Å². The Kier molecular flexibility index (Phi) is 13.7. The first-order valence-electron chi connectivity index (χ1n) is 8.18. The second-order valence-electron chi connectivity index (χ2n) is 5.95. The summed E-state index contributed by atoms with van der Waals surface area (Å²) in [6.45, 7) is 0.951. The summed E-state index contributed by atoms with van der Waals surface area (Å²) in [5.74, 6) is 0. The van der Waals surface area contributed by atoms with Crippen molar-refractivity contribution in [2.75, 3.05) is 26.4 Å². The highest BCUT2D eigenvalue weighted by Crippen LogP contribution is 2.34.